The summed E-state index contributed by atoms with van der Waals surface area (Å²) in [6.07, 6.45) is -0.239. The normalized spacial score (nSPS) is 13.3. The second-order valence-corrected chi connectivity index (χ2v) is 7.20. The van der Waals surface area contributed by atoms with E-state index in [4.69, 9.17) is 5.73 Å². The lowest BCUT2D eigenvalue weighted by Gasteiger charge is -2.35. The summed E-state index contributed by atoms with van der Waals surface area (Å²) in [6, 6.07) is 8.01. The fourth-order valence-electron chi connectivity index (χ4n) is 2.41. The van der Waals surface area contributed by atoms with Crippen LogP contribution in [-0.4, -0.2) is 34.2 Å². The second-order valence-electron chi connectivity index (χ2n) is 6.29. The molecule has 0 aliphatic carbocycles. The molecule has 1 heterocycles. The molecule has 0 aliphatic rings. The minimum atomic E-state index is -0.923. The molecule has 0 fully saturated rings. The number of benzene rings is 1. The van der Waals surface area contributed by atoms with Gasteiger partial charge in [-0.05, 0) is 49.6 Å². The first-order valence-electron chi connectivity index (χ1n) is 7.00. The number of carboxylic acid groups (broad SMARTS) is 1. The van der Waals surface area contributed by atoms with E-state index in [1.807, 2.05) is 32.9 Å². The van der Waals surface area contributed by atoms with Gasteiger partial charge in [0.2, 0.25) is 0 Å². The predicted octanol–water partition coefficient (Wildman–Crippen LogP) is 3.55. The Bertz CT molecular complexity index is 630. The van der Waals surface area contributed by atoms with E-state index in [1.54, 1.807) is 11.3 Å². The summed E-state index contributed by atoms with van der Waals surface area (Å²) >= 11 is 1.70. The van der Waals surface area contributed by atoms with Crippen LogP contribution in [0.25, 0.3) is 10.1 Å². The third-order valence-electron chi connectivity index (χ3n) is 3.50. The van der Waals surface area contributed by atoms with Crippen LogP contribution in [-0.2, 0) is 6.42 Å². The number of hydrogen-bond donors (Lipinski definition) is 2. The molecule has 0 bridgehead atoms. The van der Waals surface area contributed by atoms with E-state index in [2.05, 4.69) is 17.5 Å². The number of hydrogen-bond acceptors (Lipinski definition) is 3. The van der Waals surface area contributed by atoms with Crippen LogP contribution in [0.5, 0.6) is 0 Å². The van der Waals surface area contributed by atoms with Crippen LogP contribution in [0.2, 0.25) is 0 Å². The van der Waals surface area contributed by atoms with Gasteiger partial charge in [-0.15, -0.1) is 11.3 Å². The van der Waals surface area contributed by atoms with E-state index >= 15 is 0 Å². The molecule has 1 aromatic heterocycles. The summed E-state index contributed by atoms with van der Waals surface area (Å²) in [5, 5.41) is 12.7. The van der Waals surface area contributed by atoms with Gasteiger partial charge in [-0.2, -0.15) is 0 Å². The van der Waals surface area contributed by atoms with Crippen molar-refractivity contribution in [3.8, 4) is 0 Å². The molecule has 0 radical (unpaired) electrons. The molecule has 4 nitrogen and oxygen atoms in total. The summed E-state index contributed by atoms with van der Waals surface area (Å²) in [4.78, 5) is 12.8. The first-order valence-corrected chi connectivity index (χ1v) is 7.88. The molecule has 2 aromatic rings. The molecule has 1 amide bonds. The average Bonchev–Trinajstić information content (AvgIpc) is 2.78. The molecule has 114 valence electrons. The zero-order valence-electron chi connectivity index (χ0n) is 12.7. The van der Waals surface area contributed by atoms with Gasteiger partial charge in [0.25, 0.3) is 0 Å². The maximum Gasteiger partial charge on any atom is 0.407 e. The number of nitrogens with two attached hydrogens (primary N) is 1. The molecular formula is C16H22N2O2S. The van der Waals surface area contributed by atoms with E-state index in [1.165, 1.54) is 20.5 Å². The maximum absolute atomic E-state index is 11.4. The van der Waals surface area contributed by atoms with Gasteiger partial charge in [0.1, 0.15) is 0 Å². The molecular weight excluding hydrogens is 284 g/mol. The summed E-state index contributed by atoms with van der Waals surface area (Å²) in [7, 11) is 0. The molecule has 0 saturated heterocycles. The molecule has 0 unspecified atom stereocenters. The second kappa shape index (κ2) is 6.03. The number of fused-ring (bicyclic) bond motifs is 1. The van der Waals surface area contributed by atoms with E-state index in [9.17, 15) is 9.90 Å². The fourth-order valence-corrected chi connectivity index (χ4v) is 3.39. The van der Waals surface area contributed by atoms with Gasteiger partial charge in [-0.1, -0.05) is 18.2 Å². The van der Waals surface area contributed by atoms with Crippen LogP contribution in [0, 0.1) is 0 Å². The van der Waals surface area contributed by atoms with E-state index in [0.29, 0.717) is 13.0 Å². The highest BCUT2D eigenvalue weighted by Gasteiger charge is 2.27. The Morgan fingerprint density at radius 2 is 2.05 bits per heavy atom. The van der Waals surface area contributed by atoms with Crippen molar-refractivity contribution in [1.29, 1.82) is 0 Å². The van der Waals surface area contributed by atoms with Gasteiger partial charge in [-0.25, -0.2) is 4.79 Å². The molecule has 2 rings (SSSR count). The van der Waals surface area contributed by atoms with E-state index in [-0.39, 0.29) is 6.04 Å². The molecule has 1 atom stereocenters. The lowest BCUT2D eigenvalue weighted by molar-refractivity contribution is 0.0960. The molecule has 5 heteroatoms. The van der Waals surface area contributed by atoms with Crippen LogP contribution in [0.1, 0.15) is 26.3 Å². The smallest absolute Gasteiger partial charge is 0.407 e. The highest BCUT2D eigenvalue weighted by Crippen LogP contribution is 2.26. The van der Waals surface area contributed by atoms with Gasteiger partial charge in [0.05, 0.1) is 0 Å². The van der Waals surface area contributed by atoms with Crippen molar-refractivity contribution in [2.75, 3.05) is 6.54 Å². The third kappa shape index (κ3) is 3.74. The molecule has 0 spiro atoms. The van der Waals surface area contributed by atoms with E-state index in [0.717, 1.165) is 0 Å². The third-order valence-corrected chi connectivity index (χ3v) is 4.51. The molecule has 1 aromatic carbocycles. The molecule has 21 heavy (non-hydrogen) atoms. The van der Waals surface area contributed by atoms with Crippen LogP contribution in [0.15, 0.2) is 29.6 Å². The largest absolute Gasteiger partial charge is 0.465 e. The molecule has 0 saturated carbocycles. The zero-order valence-corrected chi connectivity index (χ0v) is 13.5. The summed E-state index contributed by atoms with van der Waals surface area (Å²) in [5.41, 5.74) is 6.94. The van der Waals surface area contributed by atoms with Crippen molar-refractivity contribution >= 4 is 27.5 Å². The van der Waals surface area contributed by atoms with Crippen molar-refractivity contribution in [3.05, 3.63) is 35.2 Å². The highest BCUT2D eigenvalue weighted by molar-refractivity contribution is 7.17. The molecule has 0 aliphatic heterocycles. The van der Waals surface area contributed by atoms with Crippen molar-refractivity contribution in [3.63, 3.8) is 0 Å². The lowest BCUT2D eigenvalue weighted by atomic mass is 10.0. The highest BCUT2D eigenvalue weighted by atomic mass is 32.1. The lowest BCUT2D eigenvalue weighted by Crippen LogP contribution is -2.50. The summed E-state index contributed by atoms with van der Waals surface area (Å²) in [5.74, 6) is 0. The maximum atomic E-state index is 11.4. The van der Waals surface area contributed by atoms with Crippen LogP contribution >= 0.6 is 11.3 Å². The van der Waals surface area contributed by atoms with Crippen LogP contribution < -0.4 is 5.73 Å². The van der Waals surface area contributed by atoms with Crippen LogP contribution in [0.3, 0.4) is 0 Å². The van der Waals surface area contributed by atoms with Crippen molar-refractivity contribution in [1.82, 2.24) is 4.90 Å². The van der Waals surface area contributed by atoms with Crippen molar-refractivity contribution in [2.45, 2.75) is 38.8 Å². The number of thiophene rings is 1. The minimum absolute atomic E-state index is 0.210. The first kappa shape index (κ1) is 15.8. The van der Waals surface area contributed by atoms with E-state index < -0.39 is 11.6 Å². The van der Waals surface area contributed by atoms with Crippen LogP contribution in [0.4, 0.5) is 4.79 Å². The molecule has 3 N–H and O–H groups in total. The minimum Gasteiger partial charge on any atom is -0.465 e. The number of nitrogens with zero attached hydrogens (tertiary/aromatic N) is 1. The Morgan fingerprint density at radius 3 is 2.67 bits per heavy atom. The number of carbonyl (C=O) groups is 1. The Labute approximate surface area is 129 Å². The monoisotopic (exact) mass is 306 g/mol. The Hall–Kier alpha value is -1.59. The quantitative estimate of drug-likeness (QED) is 0.907. The van der Waals surface area contributed by atoms with Gasteiger partial charge >= 0.3 is 6.09 Å². The van der Waals surface area contributed by atoms with Gasteiger partial charge in [0.15, 0.2) is 0 Å². The van der Waals surface area contributed by atoms with Gasteiger partial charge in [-0.3, -0.25) is 0 Å². The standard InChI is InChI=1S/C16H22N2O2S/c1-16(2,3)18(15(19)20)9-12(17)8-11-10-21-14-7-5-4-6-13(11)14/h4-7,10,12H,8-9,17H2,1-3H3,(H,19,20)/t12-/m0/s1. The van der Waals surface area contributed by atoms with Gasteiger partial charge in [0, 0.05) is 22.8 Å². The van der Waals surface area contributed by atoms with Crippen molar-refractivity contribution in [2.24, 2.45) is 5.73 Å². The number of amides is 1. The Kier molecular flexibility index (Phi) is 4.54. The topological polar surface area (TPSA) is 66.6 Å². The Morgan fingerprint density at radius 1 is 1.38 bits per heavy atom. The SMILES string of the molecule is CC(C)(C)N(C[C@@H](N)Cc1csc2ccccc12)C(=O)O. The zero-order chi connectivity index (χ0) is 15.6. The predicted molar refractivity (Wildman–Crippen MR) is 88.0 cm³/mol. The summed E-state index contributed by atoms with van der Waals surface area (Å²) < 4.78 is 1.24. The van der Waals surface area contributed by atoms with Gasteiger partial charge < -0.3 is 15.7 Å². The first-order chi connectivity index (χ1) is 9.79. The van der Waals surface area contributed by atoms with Crippen molar-refractivity contribution < 1.29 is 9.90 Å². The fraction of sp³-hybridized carbons (Fsp3) is 0.438. The summed E-state index contributed by atoms with van der Waals surface area (Å²) in [6.45, 7) is 5.98. The number of rotatable bonds is 4. The average molecular weight is 306 g/mol. The Balaban J connectivity index is 2.11.